The lowest BCUT2D eigenvalue weighted by molar-refractivity contribution is -0.136. The number of hydrogen-bond acceptors (Lipinski definition) is 7. The third kappa shape index (κ3) is 9.31. The molecule has 0 saturated heterocycles. The summed E-state index contributed by atoms with van der Waals surface area (Å²) in [6.07, 6.45) is 2.21. The molecule has 0 bridgehead atoms. The molecule has 3 aromatic carbocycles. The number of amides is 3. The Labute approximate surface area is 238 Å². The predicted molar refractivity (Wildman–Crippen MR) is 153 cm³/mol. The van der Waals surface area contributed by atoms with Crippen molar-refractivity contribution in [2.45, 2.75) is 13.3 Å². The highest BCUT2D eigenvalue weighted by molar-refractivity contribution is 9.10. The minimum Gasteiger partial charge on any atom is -0.494 e. The van der Waals surface area contributed by atoms with Gasteiger partial charge in [0.1, 0.15) is 5.75 Å². The average molecular weight is 618 g/mol. The first-order chi connectivity index (χ1) is 18.8. The molecule has 3 rings (SSSR count). The highest BCUT2D eigenvalue weighted by Gasteiger charge is 2.15. The number of carbonyl (C=O) groups is 3. The van der Waals surface area contributed by atoms with Gasteiger partial charge in [-0.25, -0.2) is 5.43 Å². The second-order valence-electron chi connectivity index (χ2n) is 7.90. The number of methoxy groups -OCH3 is 1. The summed E-state index contributed by atoms with van der Waals surface area (Å²) in [5.74, 6) is -0.915. The van der Waals surface area contributed by atoms with Crippen LogP contribution < -0.4 is 30.3 Å². The van der Waals surface area contributed by atoms with E-state index in [-0.39, 0.29) is 12.5 Å². The lowest BCUT2D eigenvalue weighted by Crippen LogP contribution is -2.32. The van der Waals surface area contributed by atoms with E-state index < -0.39 is 11.8 Å². The normalized spacial score (nSPS) is 10.6. The van der Waals surface area contributed by atoms with Crippen molar-refractivity contribution in [3.63, 3.8) is 0 Å². The molecule has 3 N–H and O–H groups in total. The van der Waals surface area contributed by atoms with Crippen LogP contribution in [-0.2, 0) is 14.4 Å². The molecule has 0 aromatic heterocycles. The van der Waals surface area contributed by atoms with Crippen LogP contribution >= 0.6 is 27.5 Å². The third-order valence-corrected chi connectivity index (χ3v) is 5.74. The summed E-state index contributed by atoms with van der Waals surface area (Å²) in [5.41, 5.74) is 3.72. The van der Waals surface area contributed by atoms with Crippen LogP contribution in [0.3, 0.4) is 0 Å². The van der Waals surface area contributed by atoms with Crippen LogP contribution in [0.25, 0.3) is 0 Å². The van der Waals surface area contributed by atoms with Gasteiger partial charge >= 0.3 is 11.8 Å². The Balaban J connectivity index is 1.53. The van der Waals surface area contributed by atoms with E-state index in [9.17, 15) is 14.4 Å². The smallest absolute Gasteiger partial charge is 0.329 e. The van der Waals surface area contributed by atoms with E-state index in [0.717, 1.165) is 6.42 Å². The standard InChI is InChI=1S/C27H26BrClN4O6/c1-3-12-38-21-10-8-20(9-11-21)32-26(35)27(36)33-30-15-17-13-22(28)25(23(14-17)37-2)39-16-24(34)31-19-6-4-18(29)5-7-19/h4-11,13-15H,3,12,16H2,1-2H3,(H,31,34)(H,32,35)(H,33,36)/b30-15-. The number of carbonyl (C=O) groups excluding carboxylic acids is 3. The van der Waals surface area contributed by atoms with Crippen molar-refractivity contribution in [3.8, 4) is 17.2 Å². The number of anilines is 2. The molecular weight excluding hydrogens is 592 g/mol. The molecule has 204 valence electrons. The zero-order valence-corrected chi connectivity index (χ0v) is 23.5. The molecule has 0 aliphatic rings. The molecule has 0 fully saturated rings. The van der Waals surface area contributed by atoms with Crippen molar-refractivity contribution in [2.24, 2.45) is 5.10 Å². The molecule has 0 spiro atoms. The van der Waals surface area contributed by atoms with Crippen molar-refractivity contribution in [3.05, 3.63) is 75.7 Å². The zero-order valence-electron chi connectivity index (χ0n) is 21.1. The minimum atomic E-state index is -0.949. The van der Waals surface area contributed by atoms with Crippen LogP contribution in [-0.4, -0.2) is 44.3 Å². The molecule has 3 aromatic rings. The predicted octanol–water partition coefficient (Wildman–Crippen LogP) is 5.01. The topological polar surface area (TPSA) is 127 Å². The number of hydrazone groups is 1. The van der Waals surface area contributed by atoms with Crippen molar-refractivity contribution in [2.75, 3.05) is 31.0 Å². The van der Waals surface area contributed by atoms with E-state index >= 15 is 0 Å². The van der Waals surface area contributed by atoms with Gasteiger partial charge in [0.25, 0.3) is 5.91 Å². The fourth-order valence-electron chi connectivity index (χ4n) is 3.08. The maximum absolute atomic E-state index is 12.3. The summed E-state index contributed by atoms with van der Waals surface area (Å²) in [4.78, 5) is 36.5. The monoisotopic (exact) mass is 616 g/mol. The largest absolute Gasteiger partial charge is 0.494 e. The molecule has 0 saturated carbocycles. The molecule has 0 heterocycles. The van der Waals surface area contributed by atoms with Gasteiger partial charge in [-0.2, -0.15) is 5.10 Å². The van der Waals surface area contributed by atoms with Crippen LogP contribution in [0.5, 0.6) is 17.2 Å². The Hall–Kier alpha value is -4.09. The molecule has 0 radical (unpaired) electrons. The Kier molecular flexibility index (Phi) is 11.1. The van der Waals surface area contributed by atoms with Gasteiger partial charge in [-0.05, 0) is 88.6 Å². The number of nitrogens with one attached hydrogen (secondary N) is 3. The highest BCUT2D eigenvalue weighted by Crippen LogP contribution is 2.36. The maximum Gasteiger partial charge on any atom is 0.329 e. The lowest BCUT2D eigenvalue weighted by Gasteiger charge is -2.13. The van der Waals surface area contributed by atoms with Crippen LogP contribution in [0.15, 0.2) is 70.2 Å². The Morgan fingerprint density at radius 2 is 1.62 bits per heavy atom. The van der Waals surface area contributed by atoms with Gasteiger partial charge in [-0.1, -0.05) is 18.5 Å². The number of benzene rings is 3. The number of nitrogens with zero attached hydrogens (tertiary/aromatic N) is 1. The van der Waals surface area contributed by atoms with E-state index in [2.05, 4.69) is 37.1 Å². The van der Waals surface area contributed by atoms with Crippen LogP contribution in [0, 0.1) is 0 Å². The summed E-state index contributed by atoms with van der Waals surface area (Å²) in [6, 6.07) is 16.6. The molecule has 0 unspecified atom stereocenters. The summed E-state index contributed by atoms with van der Waals surface area (Å²) in [7, 11) is 1.44. The lowest BCUT2D eigenvalue weighted by atomic mass is 10.2. The average Bonchev–Trinajstić information content (AvgIpc) is 2.93. The molecule has 3 amide bonds. The van der Waals surface area contributed by atoms with Crippen molar-refractivity contribution in [1.29, 1.82) is 0 Å². The summed E-state index contributed by atoms with van der Waals surface area (Å²) < 4.78 is 17.0. The summed E-state index contributed by atoms with van der Waals surface area (Å²) in [6.45, 7) is 2.32. The van der Waals surface area contributed by atoms with Crippen molar-refractivity contribution in [1.82, 2.24) is 5.43 Å². The number of halogens is 2. The number of ether oxygens (including phenoxy) is 3. The molecule has 10 nitrogen and oxygen atoms in total. The van der Waals surface area contributed by atoms with E-state index in [1.807, 2.05) is 6.92 Å². The first-order valence-corrected chi connectivity index (χ1v) is 12.9. The van der Waals surface area contributed by atoms with Gasteiger partial charge < -0.3 is 24.8 Å². The molecule has 0 aliphatic carbocycles. The van der Waals surface area contributed by atoms with Gasteiger partial charge in [0.2, 0.25) is 0 Å². The van der Waals surface area contributed by atoms with Gasteiger partial charge in [0.05, 0.1) is 24.4 Å². The zero-order chi connectivity index (χ0) is 28.2. The molecular formula is C27H26BrClN4O6. The first-order valence-electron chi connectivity index (χ1n) is 11.7. The molecule has 0 aliphatic heterocycles. The van der Waals surface area contributed by atoms with E-state index in [0.29, 0.717) is 50.3 Å². The molecule has 12 heteroatoms. The first kappa shape index (κ1) is 29.5. The summed E-state index contributed by atoms with van der Waals surface area (Å²) in [5, 5.41) is 9.58. The van der Waals surface area contributed by atoms with E-state index in [1.54, 1.807) is 60.7 Å². The third-order valence-electron chi connectivity index (χ3n) is 4.90. The van der Waals surface area contributed by atoms with Gasteiger partial charge in [0.15, 0.2) is 18.1 Å². The quantitative estimate of drug-likeness (QED) is 0.158. The Morgan fingerprint density at radius 3 is 2.28 bits per heavy atom. The maximum atomic E-state index is 12.3. The second kappa shape index (κ2) is 14.7. The number of rotatable bonds is 11. The van der Waals surface area contributed by atoms with E-state index in [4.69, 9.17) is 25.8 Å². The fraction of sp³-hybridized carbons (Fsp3) is 0.185. The van der Waals surface area contributed by atoms with Gasteiger partial charge in [-0.3, -0.25) is 14.4 Å². The number of hydrogen-bond donors (Lipinski definition) is 3. The fourth-order valence-corrected chi connectivity index (χ4v) is 3.78. The Bertz CT molecular complexity index is 1330. The summed E-state index contributed by atoms with van der Waals surface area (Å²) >= 11 is 9.24. The molecule has 39 heavy (non-hydrogen) atoms. The van der Waals surface area contributed by atoms with Crippen molar-refractivity contribution < 1.29 is 28.6 Å². The second-order valence-corrected chi connectivity index (χ2v) is 9.19. The van der Waals surface area contributed by atoms with Crippen LogP contribution in [0.2, 0.25) is 5.02 Å². The SMILES string of the molecule is CCCOc1ccc(NC(=O)C(=O)N/N=C\c2cc(Br)c(OCC(=O)Nc3ccc(Cl)cc3)c(OC)c2)cc1. The highest BCUT2D eigenvalue weighted by atomic mass is 79.9. The molecule has 0 atom stereocenters. The van der Waals surface area contributed by atoms with Crippen LogP contribution in [0.4, 0.5) is 11.4 Å². The van der Waals surface area contributed by atoms with Crippen LogP contribution in [0.1, 0.15) is 18.9 Å². The van der Waals surface area contributed by atoms with Crippen molar-refractivity contribution >= 4 is 62.8 Å². The Morgan fingerprint density at radius 1 is 0.949 bits per heavy atom. The van der Waals surface area contributed by atoms with Gasteiger partial charge in [-0.15, -0.1) is 0 Å². The van der Waals surface area contributed by atoms with E-state index in [1.165, 1.54) is 13.3 Å². The van der Waals surface area contributed by atoms with Gasteiger partial charge in [0, 0.05) is 16.4 Å². The minimum absolute atomic E-state index is 0.273.